The van der Waals surface area contributed by atoms with E-state index in [2.05, 4.69) is 38.9 Å². The van der Waals surface area contributed by atoms with E-state index in [9.17, 15) is 0 Å². The largest absolute Gasteiger partial charge is 0.368 e. The van der Waals surface area contributed by atoms with E-state index in [1.807, 2.05) is 18.2 Å². The molecule has 97 valence electrons. The Bertz CT molecular complexity index is 533. The average Bonchev–Trinajstić information content (AvgIpc) is 2.49. The fourth-order valence-corrected chi connectivity index (χ4v) is 2.40. The van der Waals surface area contributed by atoms with Crippen LogP contribution in [0.5, 0.6) is 0 Å². The summed E-state index contributed by atoms with van der Waals surface area (Å²) in [5.41, 5.74) is 3.33. The molecule has 0 amide bonds. The number of hydrogen-bond donors (Lipinski definition) is 0. The lowest BCUT2D eigenvalue weighted by molar-refractivity contribution is 0.313. The van der Waals surface area contributed by atoms with E-state index < -0.39 is 0 Å². The summed E-state index contributed by atoms with van der Waals surface area (Å²) in [6, 6.07) is 11.2. The lowest BCUT2D eigenvalue weighted by Crippen LogP contribution is -2.44. The summed E-state index contributed by atoms with van der Waals surface area (Å²) in [5, 5.41) is 0. The number of rotatable bonds is 2. The monoisotopic (exact) mass is 253 g/mol. The molecule has 4 nitrogen and oxygen atoms in total. The van der Waals surface area contributed by atoms with Crippen molar-refractivity contribution in [3.8, 4) is 11.3 Å². The zero-order valence-electron chi connectivity index (χ0n) is 11.1. The van der Waals surface area contributed by atoms with Crippen LogP contribution in [0.25, 0.3) is 11.3 Å². The van der Waals surface area contributed by atoms with Gasteiger partial charge in [-0.3, -0.25) is 0 Å². The normalized spacial score (nSPS) is 16.6. The highest BCUT2D eigenvalue weighted by Crippen LogP contribution is 2.29. The molecule has 0 aliphatic carbocycles. The molecule has 2 aromatic rings. The first-order valence-corrected chi connectivity index (χ1v) is 6.54. The highest BCUT2D eigenvalue weighted by atomic mass is 15.2. The third kappa shape index (κ3) is 2.58. The fraction of sp³-hybridized carbons (Fsp3) is 0.333. The third-order valence-corrected chi connectivity index (χ3v) is 3.54. The van der Waals surface area contributed by atoms with E-state index in [-0.39, 0.29) is 0 Å². The van der Waals surface area contributed by atoms with Crippen molar-refractivity contribution >= 4 is 5.69 Å². The maximum atomic E-state index is 4.35. The predicted molar refractivity (Wildman–Crippen MR) is 76.0 cm³/mol. The van der Waals surface area contributed by atoms with Crippen molar-refractivity contribution in [3.63, 3.8) is 0 Å². The van der Waals surface area contributed by atoms with Gasteiger partial charge in [0, 0.05) is 43.6 Å². The number of piperazine rings is 1. The topological polar surface area (TPSA) is 32.3 Å². The first-order chi connectivity index (χ1) is 9.34. The second-order valence-corrected chi connectivity index (χ2v) is 4.83. The third-order valence-electron chi connectivity index (χ3n) is 3.54. The highest BCUT2D eigenvalue weighted by Gasteiger charge is 2.17. The zero-order chi connectivity index (χ0) is 13.1. The molecular formula is C15H17N4. The molecule has 0 N–H and O–H groups in total. The second-order valence-electron chi connectivity index (χ2n) is 4.83. The molecule has 1 saturated heterocycles. The van der Waals surface area contributed by atoms with Crippen LogP contribution in [0.15, 0.2) is 36.8 Å². The highest BCUT2D eigenvalue weighted by molar-refractivity contribution is 5.76. The van der Waals surface area contributed by atoms with Crippen LogP contribution in [0.1, 0.15) is 0 Å². The number of nitrogens with zero attached hydrogens (tertiary/aromatic N) is 4. The van der Waals surface area contributed by atoms with Crippen molar-refractivity contribution in [1.82, 2.24) is 14.9 Å². The standard InChI is InChI=1S/C15H17N4/c1-18-8-10-19(11-9-18)15-5-3-2-4-13(15)14-6-7-16-12-17-14/h3-7,12H,8-11H2,1H3. The molecule has 0 atom stereocenters. The molecule has 1 radical (unpaired) electrons. The minimum atomic E-state index is 0.959. The molecular weight excluding hydrogens is 236 g/mol. The Morgan fingerprint density at radius 2 is 2.00 bits per heavy atom. The first kappa shape index (κ1) is 12.1. The number of benzene rings is 1. The summed E-state index contributed by atoms with van der Waals surface area (Å²) in [5.74, 6) is 0. The fourth-order valence-electron chi connectivity index (χ4n) is 2.40. The lowest BCUT2D eigenvalue weighted by Gasteiger charge is -2.35. The van der Waals surface area contributed by atoms with E-state index in [1.54, 1.807) is 12.5 Å². The van der Waals surface area contributed by atoms with Gasteiger partial charge in [0.1, 0.15) is 6.33 Å². The Morgan fingerprint density at radius 3 is 2.74 bits per heavy atom. The molecule has 0 unspecified atom stereocenters. The molecule has 1 aromatic carbocycles. The van der Waals surface area contributed by atoms with Crippen LogP contribution in [0.2, 0.25) is 0 Å². The Morgan fingerprint density at radius 1 is 1.16 bits per heavy atom. The molecule has 3 rings (SSSR count). The van der Waals surface area contributed by atoms with Crippen molar-refractivity contribution in [2.24, 2.45) is 0 Å². The molecule has 1 aliphatic rings. The van der Waals surface area contributed by atoms with Crippen molar-refractivity contribution in [2.75, 3.05) is 38.1 Å². The van der Waals surface area contributed by atoms with E-state index in [0.717, 1.165) is 37.4 Å². The first-order valence-electron chi connectivity index (χ1n) is 6.54. The Kier molecular flexibility index (Phi) is 3.42. The minimum Gasteiger partial charge on any atom is -0.368 e. The number of likely N-dealkylation sites (N-methyl/N-ethyl adjacent to an activating group) is 1. The van der Waals surface area contributed by atoms with Gasteiger partial charge in [-0.25, -0.2) is 9.97 Å². The van der Waals surface area contributed by atoms with Gasteiger partial charge < -0.3 is 9.80 Å². The molecule has 0 saturated carbocycles. The lowest BCUT2D eigenvalue weighted by atomic mass is 10.1. The van der Waals surface area contributed by atoms with E-state index in [1.165, 1.54) is 5.69 Å². The molecule has 1 fully saturated rings. The zero-order valence-corrected chi connectivity index (χ0v) is 11.1. The van der Waals surface area contributed by atoms with Crippen LogP contribution in [-0.2, 0) is 0 Å². The van der Waals surface area contributed by atoms with E-state index >= 15 is 0 Å². The van der Waals surface area contributed by atoms with Gasteiger partial charge in [-0.2, -0.15) is 0 Å². The van der Waals surface area contributed by atoms with Gasteiger partial charge in [-0.15, -0.1) is 0 Å². The van der Waals surface area contributed by atoms with Crippen LogP contribution in [0.4, 0.5) is 5.69 Å². The van der Waals surface area contributed by atoms with Gasteiger partial charge >= 0.3 is 0 Å². The molecule has 0 spiro atoms. The number of anilines is 1. The second kappa shape index (κ2) is 5.36. The van der Waals surface area contributed by atoms with Crippen LogP contribution >= 0.6 is 0 Å². The molecule has 19 heavy (non-hydrogen) atoms. The van der Waals surface area contributed by atoms with Gasteiger partial charge in [0.2, 0.25) is 0 Å². The Hall–Kier alpha value is -1.94. The molecule has 1 aromatic heterocycles. The molecule has 0 bridgehead atoms. The summed E-state index contributed by atoms with van der Waals surface area (Å²) >= 11 is 0. The van der Waals surface area contributed by atoms with Gasteiger partial charge in [0.25, 0.3) is 0 Å². The summed E-state index contributed by atoms with van der Waals surface area (Å²) < 4.78 is 0. The van der Waals surface area contributed by atoms with Crippen LogP contribution in [0.3, 0.4) is 0 Å². The quantitative estimate of drug-likeness (QED) is 0.815. The van der Waals surface area contributed by atoms with Gasteiger partial charge in [-0.1, -0.05) is 6.07 Å². The van der Waals surface area contributed by atoms with Crippen molar-refractivity contribution in [2.45, 2.75) is 0 Å². The summed E-state index contributed by atoms with van der Waals surface area (Å²) in [7, 11) is 2.17. The van der Waals surface area contributed by atoms with Crippen molar-refractivity contribution in [1.29, 1.82) is 0 Å². The maximum absolute atomic E-state index is 4.35. The van der Waals surface area contributed by atoms with Crippen LogP contribution in [-0.4, -0.2) is 48.1 Å². The van der Waals surface area contributed by atoms with Gasteiger partial charge in [0.15, 0.2) is 0 Å². The predicted octanol–water partition coefficient (Wildman–Crippen LogP) is 1.70. The maximum Gasteiger partial charge on any atom is 0.116 e. The Labute approximate surface area is 113 Å². The van der Waals surface area contributed by atoms with Crippen LogP contribution in [0, 0.1) is 6.07 Å². The van der Waals surface area contributed by atoms with Crippen LogP contribution < -0.4 is 4.90 Å². The van der Waals surface area contributed by atoms with Crippen molar-refractivity contribution < 1.29 is 0 Å². The van der Waals surface area contributed by atoms with Gasteiger partial charge in [0.05, 0.1) is 5.69 Å². The summed E-state index contributed by atoms with van der Waals surface area (Å²) in [6.45, 7) is 4.31. The van der Waals surface area contributed by atoms with Gasteiger partial charge in [-0.05, 0) is 31.3 Å². The molecule has 1 aliphatic heterocycles. The number of aromatic nitrogens is 2. The summed E-state index contributed by atoms with van der Waals surface area (Å²) in [6.07, 6.45) is 3.37. The molecule has 2 heterocycles. The Balaban J connectivity index is 1.94. The minimum absolute atomic E-state index is 0.959. The van der Waals surface area contributed by atoms with Crippen molar-refractivity contribution in [3.05, 3.63) is 42.9 Å². The van der Waals surface area contributed by atoms with E-state index in [4.69, 9.17) is 0 Å². The summed E-state index contributed by atoms with van der Waals surface area (Å²) in [4.78, 5) is 13.1. The SMILES string of the molecule is CN1CCN(c2cc[c]cc2-c2ccncn2)CC1. The van der Waals surface area contributed by atoms with E-state index in [0.29, 0.717) is 0 Å². The smallest absolute Gasteiger partial charge is 0.116 e. The number of hydrogen-bond acceptors (Lipinski definition) is 4. The average molecular weight is 253 g/mol. The molecule has 4 heteroatoms.